The van der Waals surface area contributed by atoms with Crippen LogP contribution < -0.4 is 29.9 Å². The van der Waals surface area contributed by atoms with Gasteiger partial charge in [0.2, 0.25) is 23.6 Å². The fourth-order valence-corrected chi connectivity index (χ4v) is 11.8. The minimum absolute atomic E-state index is 0.00676. The van der Waals surface area contributed by atoms with E-state index >= 15 is 0 Å². The Balaban J connectivity index is 0.615. The SMILES string of the molecule is COc1cc2c(cc1OC(C)C)[C@H](c1ccc(Cl)cc1)N(c1ccc(N(C)CC3CCC(N4CCN(C(=O)COCCOCCOCCOCCNc5cccc6c5CN(C5CCC(=O)NC5=O)C6=O)CC4)CC3)cc1)C(=O)C2. The summed E-state index contributed by atoms with van der Waals surface area (Å²) in [6, 6.07) is 25.0. The summed E-state index contributed by atoms with van der Waals surface area (Å²) < 4.78 is 34.5. The molecule has 4 aromatic rings. The second-order valence-electron chi connectivity index (χ2n) is 21.3. The number of halogens is 1. The number of hydrogen-bond acceptors (Lipinski definition) is 14. The minimum atomic E-state index is -0.653. The molecule has 4 aliphatic heterocycles. The molecule has 424 valence electrons. The number of piperazine rings is 1. The third kappa shape index (κ3) is 14.4. The number of rotatable bonds is 25. The number of ether oxygens (including phenoxy) is 6. The normalized spacial score (nSPS) is 20.6. The lowest BCUT2D eigenvalue weighted by molar-refractivity contribution is -0.139. The van der Waals surface area contributed by atoms with E-state index in [1.165, 1.54) is 0 Å². The van der Waals surface area contributed by atoms with E-state index in [2.05, 4.69) is 51.7 Å². The van der Waals surface area contributed by atoms with Crippen molar-refractivity contribution in [2.45, 2.75) is 89.6 Å². The molecule has 2 saturated heterocycles. The van der Waals surface area contributed by atoms with Crippen molar-refractivity contribution >= 4 is 58.2 Å². The Hall–Kier alpha value is -6.28. The predicted octanol–water partition coefficient (Wildman–Crippen LogP) is 6.89. The molecule has 2 atom stereocenters. The average molecular weight is 1110 g/mol. The van der Waals surface area contributed by atoms with Crippen LogP contribution in [0.15, 0.2) is 78.9 Å². The van der Waals surface area contributed by atoms with E-state index in [1.54, 1.807) is 18.1 Å². The van der Waals surface area contributed by atoms with Crippen molar-refractivity contribution in [3.8, 4) is 11.5 Å². The molecule has 1 aliphatic carbocycles. The maximum Gasteiger partial charge on any atom is 0.255 e. The van der Waals surface area contributed by atoms with Gasteiger partial charge in [0.1, 0.15) is 12.6 Å². The molecule has 4 heterocycles. The molecule has 2 N–H and O–H groups in total. The van der Waals surface area contributed by atoms with Crippen molar-refractivity contribution in [1.29, 1.82) is 0 Å². The van der Waals surface area contributed by atoms with Crippen LogP contribution in [0.25, 0.3) is 0 Å². The summed E-state index contributed by atoms with van der Waals surface area (Å²) >= 11 is 6.34. The van der Waals surface area contributed by atoms with Gasteiger partial charge >= 0.3 is 0 Å². The van der Waals surface area contributed by atoms with Crippen molar-refractivity contribution < 1.29 is 52.4 Å². The van der Waals surface area contributed by atoms with Gasteiger partial charge < -0.3 is 53.3 Å². The largest absolute Gasteiger partial charge is 0.493 e. The fraction of sp³-hybridized carbons (Fsp3) is 0.517. The molecule has 0 spiro atoms. The number of nitrogens with one attached hydrogen (secondary N) is 2. The maximum absolute atomic E-state index is 14.1. The Morgan fingerprint density at radius 2 is 1.48 bits per heavy atom. The van der Waals surface area contributed by atoms with Crippen LogP contribution in [-0.4, -0.2) is 169 Å². The lowest BCUT2D eigenvalue weighted by Crippen LogP contribution is -2.53. The molecule has 19 heteroatoms. The van der Waals surface area contributed by atoms with Crippen LogP contribution in [-0.2, 0) is 51.1 Å². The average Bonchev–Trinajstić information content (AvgIpc) is 4.02. The van der Waals surface area contributed by atoms with E-state index in [1.807, 2.05) is 72.2 Å². The summed E-state index contributed by atoms with van der Waals surface area (Å²) in [5.41, 5.74) is 7.03. The van der Waals surface area contributed by atoms with Crippen LogP contribution >= 0.6 is 11.6 Å². The number of imide groups is 1. The zero-order valence-electron chi connectivity index (χ0n) is 46.1. The lowest BCUT2D eigenvalue weighted by Gasteiger charge is -2.42. The number of amides is 5. The first-order valence-corrected chi connectivity index (χ1v) is 28.3. The van der Waals surface area contributed by atoms with E-state index in [0.29, 0.717) is 113 Å². The molecule has 5 amide bonds. The van der Waals surface area contributed by atoms with Gasteiger partial charge in [0, 0.05) is 98.5 Å². The van der Waals surface area contributed by atoms with Gasteiger partial charge in [0.05, 0.1) is 71.9 Å². The van der Waals surface area contributed by atoms with Gasteiger partial charge in [0.15, 0.2) is 11.5 Å². The highest BCUT2D eigenvalue weighted by Gasteiger charge is 2.40. The van der Waals surface area contributed by atoms with Crippen molar-refractivity contribution in [3.63, 3.8) is 0 Å². The number of carbonyl (C=O) groups excluding carboxylic acids is 5. The first-order valence-electron chi connectivity index (χ1n) is 27.9. The van der Waals surface area contributed by atoms with E-state index in [-0.39, 0.29) is 55.2 Å². The quantitative estimate of drug-likeness (QED) is 0.0517. The van der Waals surface area contributed by atoms with Crippen LogP contribution in [0, 0.1) is 5.92 Å². The van der Waals surface area contributed by atoms with Crippen LogP contribution in [0.3, 0.4) is 0 Å². The number of methoxy groups -OCH3 is 1. The highest BCUT2D eigenvalue weighted by Crippen LogP contribution is 2.44. The van der Waals surface area contributed by atoms with Crippen molar-refractivity contribution in [1.82, 2.24) is 20.0 Å². The standard InChI is InChI=1S/C60H76ClN7O11/c1-40(2)79-54-36-49-43(34-53(54)74-4)35-56(70)68(58(49)42-10-12-44(61)13-11-42)47-18-16-45(17-19-47)64(3)37-41-8-14-46(15-9-41)65-23-25-66(26-24-65)57(71)39-78-33-32-77-31-30-76-29-28-75-27-22-62-51-7-5-6-48-50(51)38-67(60(48)73)52-20-21-55(69)63-59(52)72/h5-7,10-13,16-19,34,36,40-41,46,52,58,62H,8-9,14-15,20-33,35,37-39H2,1-4H3,(H,63,69,72)/t41?,46?,52?,58-/m0/s1. The molecule has 5 aliphatic rings. The highest BCUT2D eigenvalue weighted by atomic mass is 35.5. The van der Waals surface area contributed by atoms with Crippen molar-refractivity contribution in [3.05, 3.63) is 112 Å². The topological polar surface area (TPSA) is 181 Å². The number of piperidine rings is 1. The van der Waals surface area contributed by atoms with Crippen LogP contribution in [0.1, 0.15) is 91.0 Å². The first-order chi connectivity index (χ1) is 38.3. The predicted molar refractivity (Wildman–Crippen MR) is 301 cm³/mol. The number of nitrogens with zero attached hydrogens (tertiary/aromatic N) is 5. The molecule has 9 rings (SSSR count). The molecular formula is C60H76ClN7O11. The number of benzene rings is 4. The third-order valence-corrected chi connectivity index (χ3v) is 16.0. The Labute approximate surface area is 468 Å². The second kappa shape index (κ2) is 27.3. The number of fused-ring (bicyclic) bond motifs is 2. The molecule has 79 heavy (non-hydrogen) atoms. The van der Waals surface area contributed by atoms with E-state index in [9.17, 15) is 24.0 Å². The Morgan fingerprint density at radius 3 is 2.15 bits per heavy atom. The van der Waals surface area contributed by atoms with Crippen LogP contribution in [0.2, 0.25) is 5.02 Å². The van der Waals surface area contributed by atoms with Crippen molar-refractivity contribution in [2.75, 3.05) is 121 Å². The molecule has 18 nitrogen and oxygen atoms in total. The Bertz CT molecular complexity index is 2750. The molecular weight excluding hydrogens is 1030 g/mol. The summed E-state index contributed by atoms with van der Waals surface area (Å²) in [5, 5.41) is 6.31. The van der Waals surface area contributed by atoms with E-state index in [0.717, 1.165) is 84.6 Å². The summed E-state index contributed by atoms with van der Waals surface area (Å²) in [4.78, 5) is 74.4. The van der Waals surface area contributed by atoms with Gasteiger partial charge in [-0.2, -0.15) is 0 Å². The highest BCUT2D eigenvalue weighted by molar-refractivity contribution is 6.30. The van der Waals surface area contributed by atoms with Gasteiger partial charge in [-0.25, -0.2) is 0 Å². The minimum Gasteiger partial charge on any atom is -0.493 e. The Morgan fingerprint density at radius 1 is 0.797 bits per heavy atom. The van der Waals surface area contributed by atoms with Gasteiger partial charge in [-0.05, 0) is 129 Å². The van der Waals surface area contributed by atoms with Gasteiger partial charge in [-0.15, -0.1) is 0 Å². The molecule has 1 unspecified atom stereocenters. The molecule has 0 aromatic heterocycles. The molecule has 4 aromatic carbocycles. The molecule has 3 fully saturated rings. The zero-order chi connectivity index (χ0) is 55.4. The fourth-order valence-electron chi connectivity index (χ4n) is 11.6. The van der Waals surface area contributed by atoms with Gasteiger partial charge in [-0.3, -0.25) is 34.2 Å². The third-order valence-electron chi connectivity index (χ3n) is 15.7. The monoisotopic (exact) mass is 1110 g/mol. The smallest absolute Gasteiger partial charge is 0.255 e. The van der Waals surface area contributed by atoms with Gasteiger partial charge in [0.25, 0.3) is 5.91 Å². The summed E-state index contributed by atoms with van der Waals surface area (Å²) in [6.45, 7) is 11.7. The maximum atomic E-state index is 14.1. The van der Waals surface area contributed by atoms with E-state index < -0.39 is 11.9 Å². The Kier molecular flexibility index (Phi) is 19.8. The number of carbonyl (C=O) groups is 5. The van der Waals surface area contributed by atoms with Gasteiger partial charge in [-0.1, -0.05) is 29.8 Å². The zero-order valence-corrected chi connectivity index (χ0v) is 46.8. The summed E-state index contributed by atoms with van der Waals surface area (Å²) in [6.07, 6.45) is 5.33. The van der Waals surface area contributed by atoms with Crippen molar-refractivity contribution in [2.24, 2.45) is 5.92 Å². The molecule has 0 bridgehead atoms. The van der Waals surface area contributed by atoms with Crippen LogP contribution in [0.5, 0.6) is 11.5 Å². The number of anilines is 3. The molecule has 0 radical (unpaired) electrons. The lowest BCUT2D eigenvalue weighted by atomic mass is 9.84. The first kappa shape index (κ1) is 57.4. The molecule has 1 saturated carbocycles. The summed E-state index contributed by atoms with van der Waals surface area (Å²) in [5.74, 6) is 0.920. The second-order valence-corrected chi connectivity index (χ2v) is 21.7. The van der Waals surface area contributed by atoms with Crippen LogP contribution in [0.4, 0.5) is 17.1 Å². The number of hydrogen-bond donors (Lipinski definition) is 2. The summed E-state index contributed by atoms with van der Waals surface area (Å²) in [7, 11) is 3.78. The van der Waals surface area contributed by atoms with E-state index in [4.69, 9.17) is 40.0 Å².